The highest BCUT2D eigenvalue weighted by atomic mass is 32.2. The van der Waals surface area contributed by atoms with Gasteiger partial charge in [0.2, 0.25) is 10.0 Å². The lowest BCUT2D eigenvalue weighted by molar-refractivity contribution is 0.0950. The molecule has 0 spiro atoms. The Morgan fingerprint density at radius 1 is 0.650 bits per heavy atom. The van der Waals surface area contributed by atoms with Gasteiger partial charge in [0.05, 0.1) is 4.90 Å². The molecule has 0 unspecified atom stereocenters. The van der Waals surface area contributed by atoms with Gasteiger partial charge in [-0.25, -0.2) is 8.42 Å². The molecule has 2 heterocycles. The lowest BCUT2D eigenvalue weighted by Gasteiger charge is -2.34. The molecule has 0 bridgehead atoms. The number of hydrogen-bond acceptors (Lipinski definition) is 5. The van der Waals surface area contributed by atoms with Crippen LogP contribution in [0, 0.1) is 0 Å². The van der Waals surface area contributed by atoms with Crippen LogP contribution in [0.3, 0.4) is 0 Å². The largest absolute Gasteiger partial charge is 0.348 e. The van der Waals surface area contributed by atoms with Gasteiger partial charge >= 0.3 is 0 Å². The second-order valence-corrected chi connectivity index (χ2v) is 12.8. The number of rotatable bonds is 9. The van der Waals surface area contributed by atoms with Gasteiger partial charge < -0.3 is 5.32 Å². The summed E-state index contributed by atoms with van der Waals surface area (Å²) in [7, 11) is -3.46. The molecule has 2 aliphatic heterocycles. The molecule has 0 atom stereocenters. The third-order valence-electron chi connectivity index (χ3n) is 7.89. The van der Waals surface area contributed by atoms with Gasteiger partial charge in [0, 0.05) is 51.4 Å². The molecule has 40 heavy (non-hydrogen) atoms. The van der Waals surface area contributed by atoms with E-state index in [0.717, 1.165) is 17.7 Å². The van der Waals surface area contributed by atoms with Crippen LogP contribution in [-0.4, -0.2) is 67.7 Å². The SMILES string of the molecule is O=C(NCc1ccc(CN2CCCCCC2)cc1)c1cccc(CN2CCN(S(=O)(=O)c3ccccc3)CC2)c1. The number of likely N-dealkylation sites (tertiary alicyclic amines) is 1. The number of carbonyl (C=O) groups is 1. The molecule has 7 nitrogen and oxygen atoms in total. The summed E-state index contributed by atoms with van der Waals surface area (Å²) in [6, 6.07) is 24.9. The van der Waals surface area contributed by atoms with Gasteiger partial charge in [-0.15, -0.1) is 0 Å². The Kier molecular flexibility index (Phi) is 9.65. The summed E-state index contributed by atoms with van der Waals surface area (Å²) in [6.45, 7) is 6.74. The van der Waals surface area contributed by atoms with Gasteiger partial charge in [-0.3, -0.25) is 14.6 Å². The summed E-state index contributed by atoms with van der Waals surface area (Å²) in [6.07, 6.45) is 5.27. The number of nitrogens with zero attached hydrogens (tertiary/aromatic N) is 3. The Morgan fingerprint density at radius 3 is 1.98 bits per heavy atom. The summed E-state index contributed by atoms with van der Waals surface area (Å²) < 4.78 is 27.4. The standard InChI is InChI=1S/C32H40N4O3S/c37-32(33-24-27-13-15-28(16-14-27)25-34-17-6-1-2-7-18-34)30-10-8-9-29(23-30)26-35-19-21-36(22-20-35)40(38,39)31-11-4-3-5-12-31/h3-5,8-16,23H,1-2,6-7,17-22,24-26H2,(H,33,37). The van der Waals surface area contributed by atoms with Crippen molar-refractivity contribution in [2.75, 3.05) is 39.3 Å². The second kappa shape index (κ2) is 13.5. The van der Waals surface area contributed by atoms with E-state index in [1.165, 1.54) is 44.3 Å². The molecule has 212 valence electrons. The van der Waals surface area contributed by atoms with Crippen LogP contribution in [0.25, 0.3) is 0 Å². The molecule has 8 heteroatoms. The van der Waals surface area contributed by atoms with Crippen LogP contribution in [0.4, 0.5) is 0 Å². The summed E-state index contributed by atoms with van der Waals surface area (Å²) in [5.74, 6) is -0.0886. The lowest BCUT2D eigenvalue weighted by atomic mass is 10.1. The fraction of sp³-hybridized carbons (Fsp3) is 0.406. The molecule has 2 fully saturated rings. The molecule has 3 aromatic carbocycles. The predicted molar refractivity (Wildman–Crippen MR) is 158 cm³/mol. The first-order chi connectivity index (χ1) is 19.5. The van der Waals surface area contributed by atoms with Gasteiger partial charge in [-0.2, -0.15) is 4.31 Å². The van der Waals surface area contributed by atoms with E-state index in [9.17, 15) is 13.2 Å². The van der Waals surface area contributed by atoms with Crippen LogP contribution >= 0.6 is 0 Å². The molecule has 0 aliphatic carbocycles. The highest BCUT2D eigenvalue weighted by Gasteiger charge is 2.28. The average molecular weight is 561 g/mol. The average Bonchev–Trinajstić information content (AvgIpc) is 3.26. The zero-order valence-electron chi connectivity index (χ0n) is 23.2. The topological polar surface area (TPSA) is 73.0 Å². The normalized spacial score (nSPS) is 17.8. The Balaban J connectivity index is 1.09. The van der Waals surface area contributed by atoms with Crippen molar-refractivity contribution in [1.29, 1.82) is 0 Å². The second-order valence-electron chi connectivity index (χ2n) is 10.9. The zero-order chi connectivity index (χ0) is 27.8. The van der Waals surface area contributed by atoms with Crippen LogP contribution in [0.1, 0.15) is 52.7 Å². The summed E-state index contributed by atoms with van der Waals surface area (Å²) in [5.41, 5.74) is 4.10. The molecular formula is C32H40N4O3S. The highest BCUT2D eigenvalue weighted by Crippen LogP contribution is 2.19. The van der Waals surface area contributed by atoms with E-state index in [-0.39, 0.29) is 5.91 Å². The minimum absolute atomic E-state index is 0.0886. The van der Waals surface area contributed by atoms with E-state index < -0.39 is 10.0 Å². The van der Waals surface area contributed by atoms with E-state index in [2.05, 4.69) is 39.4 Å². The molecule has 0 saturated carbocycles. The fourth-order valence-corrected chi connectivity index (χ4v) is 6.98. The minimum Gasteiger partial charge on any atom is -0.348 e. The number of benzene rings is 3. The van der Waals surface area contributed by atoms with Crippen molar-refractivity contribution < 1.29 is 13.2 Å². The van der Waals surface area contributed by atoms with E-state index in [1.807, 2.05) is 30.3 Å². The highest BCUT2D eigenvalue weighted by molar-refractivity contribution is 7.89. The van der Waals surface area contributed by atoms with Crippen LogP contribution in [0.15, 0.2) is 83.8 Å². The molecule has 3 aromatic rings. The third-order valence-corrected chi connectivity index (χ3v) is 9.80. The van der Waals surface area contributed by atoms with E-state index >= 15 is 0 Å². The van der Waals surface area contributed by atoms with Crippen LogP contribution < -0.4 is 5.32 Å². The number of sulfonamides is 1. The summed E-state index contributed by atoms with van der Waals surface area (Å²) in [5, 5.41) is 3.06. The lowest BCUT2D eigenvalue weighted by Crippen LogP contribution is -2.48. The van der Waals surface area contributed by atoms with Crippen LogP contribution in [0.5, 0.6) is 0 Å². The molecule has 0 aromatic heterocycles. The smallest absolute Gasteiger partial charge is 0.251 e. The zero-order valence-corrected chi connectivity index (χ0v) is 24.0. The molecule has 1 amide bonds. The Labute approximate surface area is 238 Å². The predicted octanol–water partition coefficient (Wildman–Crippen LogP) is 4.50. The Morgan fingerprint density at radius 2 is 1.27 bits per heavy atom. The van der Waals surface area contributed by atoms with Gasteiger partial charge in [0.1, 0.15) is 0 Å². The maximum absolute atomic E-state index is 12.9. The maximum Gasteiger partial charge on any atom is 0.251 e. The van der Waals surface area contributed by atoms with E-state index in [0.29, 0.717) is 49.7 Å². The van der Waals surface area contributed by atoms with Crippen LogP contribution in [-0.2, 0) is 29.7 Å². The monoisotopic (exact) mass is 560 g/mol. The first-order valence-corrected chi connectivity index (χ1v) is 15.9. The van der Waals surface area contributed by atoms with Crippen molar-refractivity contribution in [2.45, 2.75) is 50.2 Å². The molecular weight excluding hydrogens is 520 g/mol. The number of hydrogen-bond donors (Lipinski definition) is 1. The van der Waals surface area contributed by atoms with Crippen molar-refractivity contribution in [3.63, 3.8) is 0 Å². The maximum atomic E-state index is 12.9. The first-order valence-electron chi connectivity index (χ1n) is 14.4. The van der Waals surface area contributed by atoms with Crippen molar-refractivity contribution in [3.8, 4) is 0 Å². The summed E-state index contributed by atoms with van der Waals surface area (Å²) >= 11 is 0. The van der Waals surface area contributed by atoms with Crippen molar-refractivity contribution >= 4 is 15.9 Å². The number of piperazine rings is 1. The number of amides is 1. The fourth-order valence-electron chi connectivity index (χ4n) is 5.54. The Hall–Kier alpha value is -3.04. The number of carbonyl (C=O) groups excluding carboxylic acids is 1. The van der Waals surface area contributed by atoms with Gasteiger partial charge in [-0.1, -0.05) is 67.4 Å². The summed E-state index contributed by atoms with van der Waals surface area (Å²) in [4.78, 5) is 18.0. The molecule has 2 aliphatic rings. The number of nitrogens with one attached hydrogen (secondary N) is 1. The third kappa shape index (κ3) is 7.57. The van der Waals surface area contributed by atoms with Gasteiger partial charge in [0.25, 0.3) is 5.91 Å². The molecule has 2 saturated heterocycles. The van der Waals surface area contributed by atoms with Gasteiger partial charge in [-0.05, 0) is 66.9 Å². The van der Waals surface area contributed by atoms with Crippen molar-refractivity contribution in [1.82, 2.24) is 19.4 Å². The molecule has 5 rings (SSSR count). The van der Waals surface area contributed by atoms with Gasteiger partial charge in [0.15, 0.2) is 0 Å². The van der Waals surface area contributed by atoms with E-state index in [4.69, 9.17) is 0 Å². The quantitative estimate of drug-likeness (QED) is 0.417. The van der Waals surface area contributed by atoms with Crippen molar-refractivity contribution in [3.05, 3.63) is 101 Å². The minimum atomic E-state index is -3.46. The van der Waals surface area contributed by atoms with E-state index in [1.54, 1.807) is 28.6 Å². The Bertz CT molecular complexity index is 1350. The van der Waals surface area contributed by atoms with Crippen LogP contribution in [0.2, 0.25) is 0 Å². The molecule has 0 radical (unpaired) electrons. The first kappa shape index (κ1) is 28.5. The van der Waals surface area contributed by atoms with Crippen molar-refractivity contribution in [2.24, 2.45) is 0 Å². The molecule has 1 N–H and O–H groups in total.